The zero-order valence-corrected chi connectivity index (χ0v) is 9.08. The number of rotatable bonds is 3. The van der Waals surface area contributed by atoms with Gasteiger partial charge in [0.2, 0.25) is 0 Å². The first-order valence-corrected chi connectivity index (χ1v) is 5.49. The van der Waals surface area contributed by atoms with E-state index < -0.39 is 5.69 Å². The summed E-state index contributed by atoms with van der Waals surface area (Å²) >= 11 is 0. The third kappa shape index (κ3) is 3.04. The molecule has 1 saturated heterocycles. The first kappa shape index (κ1) is 11.1. The maximum absolute atomic E-state index is 11.1. The summed E-state index contributed by atoms with van der Waals surface area (Å²) in [5.74, 6) is 0. The monoisotopic (exact) mass is 224 g/mol. The Kier molecular flexibility index (Phi) is 3.53. The van der Waals surface area contributed by atoms with E-state index in [0.717, 1.165) is 32.7 Å². The van der Waals surface area contributed by atoms with Crippen LogP contribution >= 0.6 is 0 Å². The van der Waals surface area contributed by atoms with E-state index in [9.17, 15) is 9.59 Å². The Morgan fingerprint density at radius 2 is 1.94 bits per heavy atom. The molecule has 1 aliphatic heterocycles. The van der Waals surface area contributed by atoms with Gasteiger partial charge in [0.1, 0.15) is 0 Å². The van der Waals surface area contributed by atoms with E-state index in [2.05, 4.69) is 20.2 Å². The molecule has 0 amide bonds. The number of hydrogen-bond donors (Lipinski definition) is 3. The van der Waals surface area contributed by atoms with Gasteiger partial charge in [-0.3, -0.25) is 9.78 Å². The molecule has 2 heterocycles. The molecule has 1 aliphatic rings. The van der Waals surface area contributed by atoms with Crippen LogP contribution in [0.15, 0.2) is 15.7 Å². The summed E-state index contributed by atoms with van der Waals surface area (Å²) in [7, 11) is 0. The highest BCUT2D eigenvalue weighted by Gasteiger charge is 2.09. The Hall–Kier alpha value is -1.40. The minimum absolute atomic E-state index is 0.334. The zero-order chi connectivity index (χ0) is 11.4. The molecule has 3 N–H and O–H groups in total. The van der Waals surface area contributed by atoms with Crippen molar-refractivity contribution in [3.8, 4) is 0 Å². The van der Waals surface area contributed by atoms with Crippen LogP contribution in [-0.2, 0) is 6.42 Å². The molecular weight excluding hydrogens is 208 g/mol. The molecule has 0 unspecified atom stereocenters. The first-order chi connectivity index (χ1) is 7.74. The lowest BCUT2D eigenvalue weighted by atomic mass is 10.2. The molecule has 2 rings (SSSR count). The second-order valence-electron chi connectivity index (χ2n) is 3.95. The van der Waals surface area contributed by atoms with E-state index in [4.69, 9.17) is 0 Å². The second-order valence-corrected chi connectivity index (χ2v) is 3.95. The standard InChI is InChI=1S/C10H16N4O2/c15-9-7-8(12-10(16)13-9)1-4-14-5-2-11-3-6-14/h7,11H,1-6H2,(H2,12,13,15,16). The Balaban J connectivity index is 1.93. The Bertz CT molecular complexity index is 416. The average Bonchev–Trinajstić information content (AvgIpc) is 2.27. The number of aromatic amines is 2. The molecule has 0 radical (unpaired) electrons. The van der Waals surface area contributed by atoms with Gasteiger partial charge in [-0.05, 0) is 0 Å². The summed E-state index contributed by atoms with van der Waals surface area (Å²) in [6, 6.07) is 1.45. The molecule has 0 spiro atoms. The number of piperazine rings is 1. The predicted octanol–water partition coefficient (Wildman–Crippen LogP) is -1.49. The van der Waals surface area contributed by atoms with Gasteiger partial charge in [-0.15, -0.1) is 0 Å². The minimum atomic E-state index is -0.428. The largest absolute Gasteiger partial charge is 0.325 e. The van der Waals surface area contributed by atoms with Crippen molar-refractivity contribution >= 4 is 0 Å². The van der Waals surface area contributed by atoms with Crippen molar-refractivity contribution in [2.45, 2.75) is 6.42 Å². The van der Waals surface area contributed by atoms with Crippen LogP contribution in [0.2, 0.25) is 0 Å². The molecule has 0 aromatic carbocycles. The van der Waals surface area contributed by atoms with Crippen molar-refractivity contribution in [2.75, 3.05) is 32.7 Å². The lowest BCUT2D eigenvalue weighted by Crippen LogP contribution is -2.44. The second kappa shape index (κ2) is 5.09. The van der Waals surface area contributed by atoms with Gasteiger partial charge in [0.25, 0.3) is 5.56 Å². The van der Waals surface area contributed by atoms with E-state index in [-0.39, 0.29) is 5.56 Å². The quantitative estimate of drug-likeness (QED) is 0.584. The van der Waals surface area contributed by atoms with Gasteiger partial charge in [0, 0.05) is 50.9 Å². The fourth-order valence-corrected chi connectivity index (χ4v) is 1.87. The van der Waals surface area contributed by atoms with Gasteiger partial charge >= 0.3 is 5.69 Å². The highest BCUT2D eigenvalue weighted by Crippen LogP contribution is 1.96. The highest BCUT2D eigenvalue weighted by atomic mass is 16.2. The molecule has 1 fully saturated rings. The smallest absolute Gasteiger partial charge is 0.314 e. The maximum atomic E-state index is 11.1. The zero-order valence-electron chi connectivity index (χ0n) is 9.08. The SMILES string of the molecule is O=c1cc(CCN2CCNCC2)[nH]c(=O)[nH]1. The normalized spacial score (nSPS) is 17.5. The van der Waals surface area contributed by atoms with Crippen LogP contribution in [0.4, 0.5) is 0 Å². The van der Waals surface area contributed by atoms with E-state index in [1.54, 1.807) is 0 Å². The number of aromatic nitrogens is 2. The first-order valence-electron chi connectivity index (χ1n) is 5.49. The van der Waals surface area contributed by atoms with E-state index >= 15 is 0 Å². The molecule has 0 saturated carbocycles. The van der Waals surface area contributed by atoms with Crippen LogP contribution in [0.25, 0.3) is 0 Å². The Morgan fingerprint density at radius 3 is 2.62 bits per heavy atom. The van der Waals surface area contributed by atoms with Crippen LogP contribution in [0.5, 0.6) is 0 Å². The number of nitrogens with zero attached hydrogens (tertiary/aromatic N) is 1. The van der Waals surface area contributed by atoms with Crippen molar-refractivity contribution in [1.82, 2.24) is 20.2 Å². The van der Waals surface area contributed by atoms with Gasteiger partial charge in [0.15, 0.2) is 0 Å². The Morgan fingerprint density at radius 1 is 1.19 bits per heavy atom. The van der Waals surface area contributed by atoms with Crippen LogP contribution < -0.4 is 16.6 Å². The maximum Gasteiger partial charge on any atom is 0.325 e. The third-order valence-corrected chi connectivity index (χ3v) is 2.72. The van der Waals surface area contributed by atoms with Crippen LogP contribution in [0, 0.1) is 0 Å². The lowest BCUT2D eigenvalue weighted by molar-refractivity contribution is 0.243. The van der Waals surface area contributed by atoms with E-state index in [0.29, 0.717) is 12.1 Å². The highest BCUT2D eigenvalue weighted by molar-refractivity contribution is 4.99. The summed E-state index contributed by atoms with van der Waals surface area (Å²) in [5.41, 5.74) is -0.0610. The summed E-state index contributed by atoms with van der Waals surface area (Å²) in [4.78, 5) is 29.2. The molecular formula is C10H16N4O2. The van der Waals surface area contributed by atoms with Crippen LogP contribution in [-0.4, -0.2) is 47.6 Å². The van der Waals surface area contributed by atoms with Gasteiger partial charge in [-0.1, -0.05) is 0 Å². The molecule has 6 nitrogen and oxygen atoms in total. The number of hydrogen-bond acceptors (Lipinski definition) is 4. The minimum Gasteiger partial charge on any atom is -0.314 e. The molecule has 0 atom stereocenters. The third-order valence-electron chi connectivity index (χ3n) is 2.72. The molecule has 1 aromatic rings. The van der Waals surface area contributed by atoms with Crippen molar-refractivity contribution < 1.29 is 0 Å². The molecule has 0 aliphatic carbocycles. The van der Waals surface area contributed by atoms with Crippen LogP contribution in [0.3, 0.4) is 0 Å². The van der Waals surface area contributed by atoms with Crippen molar-refractivity contribution in [2.24, 2.45) is 0 Å². The number of nitrogens with one attached hydrogen (secondary N) is 3. The van der Waals surface area contributed by atoms with Crippen molar-refractivity contribution in [3.63, 3.8) is 0 Å². The molecule has 6 heteroatoms. The fraction of sp³-hybridized carbons (Fsp3) is 0.600. The summed E-state index contributed by atoms with van der Waals surface area (Å²) in [6.07, 6.45) is 0.708. The van der Waals surface area contributed by atoms with Crippen molar-refractivity contribution in [1.29, 1.82) is 0 Å². The predicted molar refractivity (Wildman–Crippen MR) is 60.7 cm³/mol. The molecule has 16 heavy (non-hydrogen) atoms. The Labute approximate surface area is 92.7 Å². The van der Waals surface area contributed by atoms with Crippen LogP contribution in [0.1, 0.15) is 5.69 Å². The molecule has 0 bridgehead atoms. The van der Waals surface area contributed by atoms with E-state index in [1.807, 2.05) is 0 Å². The number of H-pyrrole nitrogens is 2. The lowest BCUT2D eigenvalue weighted by Gasteiger charge is -2.26. The van der Waals surface area contributed by atoms with Gasteiger partial charge in [0.05, 0.1) is 0 Å². The van der Waals surface area contributed by atoms with Gasteiger partial charge in [-0.2, -0.15) is 0 Å². The molecule has 1 aromatic heterocycles. The van der Waals surface area contributed by atoms with E-state index in [1.165, 1.54) is 6.07 Å². The topological polar surface area (TPSA) is 81.0 Å². The summed E-state index contributed by atoms with van der Waals surface area (Å²) in [6.45, 7) is 4.93. The fourth-order valence-electron chi connectivity index (χ4n) is 1.87. The summed E-state index contributed by atoms with van der Waals surface area (Å²) < 4.78 is 0. The van der Waals surface area contributed by atoms with Crippen molar-refractivity contribution in [3.05, 3.63) is 32.6 Å². The molecule has 88 valence electrons. The summed E-state index contributed by atoms with van der Waals surface area (Å²) in [5, 5.41) is 3.28. The average molecular weight is 224 g/mol. The van der Waals surface area contributed by atoms with Gasteiger partial charge < -0.3 is 15.2 Å². The van der Waals surface area contributed by atoms with Gasteiger partial charge in [-0.25, -0.2) is 4.79 Å².